The highest BCUT2D eigenvalue weighted by Crippen LogP contribution is 2.32. The molecule has 0 amide bonds. The summed E-state index contributed by atoms with van der Waals surface area (Å²) in [5.41, 5.74) is 1.14. The molecule has 1 aliphatic rings. The van der Waals surface area contributed by atoms with Crippen molar-refractivity contribution in [1.29, 1.82) is 0 Å². The van der Waals surface area contributed by atoms with Crippen molar-refractivity contribution < 1.29 is 4.74 Å². The average Bonchev–Trinajstić information content (AvgIpc) is 3.13. The van der Waals surface area contributed by atoms with E-state index in [1.807, 2.05) is 13.1 Å². The third-order valence-electron chi connectivity index (χ3n) is 3.16. The predicted molar refractivity (Wildman–Crippen MR) is 64.5 cm³/mol. The first kappa shape index (κ1) is 11.4. The molecule has 1 saturated carbocycles. The SMILES string of the molecule is CNC(C)c1cccnc1OCCC1CC1. The summed E-state index contributed by atoms with van der Waals surface area (Å²) in [5, 5.41) is 3.21. The molecule has 1 aliphatic carbocycles. The highest BCUT2D eigenvalue weighted by Gasteiger charge is 2.21. The van der Waals surface area contributed by atoms with E-state index < -0.39 is 0 Å². The van der Waals surface area contributed by atoms with Gasteiger partial charge in [0.25, 0.3) is 0 Å². The van der Waals surface area contributed by atoms with Crippen LogP contribution in [-0.4, -0.2) is 18.6 Å². The molecule has 1 unspecified atom stereocenters. The summed E-state index contributed by atoms with van der Waals surface area (Å²) in [6.45, 7) is 2.91. The van der Waals surface area contributed by atoms with Crippen LogP contribution in [0.5, 0.6) is 5.88 Å². The van der Waals surface area contributed by atoms with E-state index in [0.717, 1.165) is 24.0 Å². The van der Waals surface area contributed by atoms with Gasteiger partial charge in [0.1, 0.15) is 0 Å². The van der Waals surface area contributed by atoms with Crippen molar-refractivity contribution in [2.45, 2.75) is 32.2 Å². The first-order valence-electron chi connectivity index (χ1n) is 6.06. The number of hydrogen-bond acceptors (Lipinski definition) is 3. The minimum absolute atomic E-state index is 0.282. The van der Waals surface area contributed by atoms with Gasteiger partial charge in [-0.3, -0.25) is 0 Å². The monoisotopic (exact) mass is 220 g/mol. The lowest BCUT2D eigenvalue weighted by atomic mass is 10.1. The van der Waals surface area contributed by atoms with E-state index in [-0.39, 0.29) is 6.04 Å². The van der Waals surface area contributed by atoms with Gasteiger partial charge in [0.15, 0.2) is 0 Å². The highest BCUT2D eigenvalue weighted by atomic mass is 16.5. The summed E-state index contributed by atoms with van der Waals surface area (Å²) in [5.74, 6) is 1.69. The fraction of sp³-hybridized carbons (Fsp3) is 0.615. The predicted octanol–water partition coefficient (Wildman–Crippen LogP) is 2.54. The molecule has 88 valence electrons. The van der Waals surface area contributed by atoms with E-state index in [1.54, 1.807) is 6.20 Å². The van der Waals surface area contributed by atoms with Gasteiger partial charge in [-0.2, -0.15) is 0 Å². The van der Waals surface area contributed by atoms with Crippen molar-refractivity contribution >= 4 is 0 Å². The molecular weight excluding hydrogens is 200 g/mol. The number of nitrogens with one attached hydrogen (secondary N) is 1. The summed E-state index contributed by atoms with van der Waals surface area (Å²) in [6.07, 6.45) is 5.72. The van der Waals surface area contributed by atoms with Crippen LogP contribution in [0, 0.1) is 5.92 Å². The molecule has 1 aromatic rings. The minimum Gasteiger partial charge on any atom is -0.477 e. The van der Waals surface area contributed by atoms with Crippen LogP contribution >= 0.6 is 0 Å². The van der Waals surface area contributed by atoms with Crippen LogP contribution in [0.25, 0.3) is 0 Å². The summed E-state index contributed by atoms with van der Waals surface area (Å²) >= 11 is 0. The molecule has 3 heteroatoms. The van der Waals surface area contributed by atoms with Crippen LogP contribution in [0.4, 0.5) is 0 Å². The Bertz CT molecular complexity index is 336. The van der Waals surface area contributed by atoms with Crippen molar-refractivity contribution in [1.82, 2.24) is 10.3 Å². The fourth-order valence-electron chi connectivity index (χ4n) is 1.74. The lowest BCUT2D eigenvalue weighted by Gasteiger charge is -2.14. The van der Waals surface area contributed by atoms with Crippen molar-refractivity contribution in [3.8, 4) is 5.88 Å². The molecule has 3 nitrogen and oxygen atoms in total. The molecular formula is C13H20N2O. The first-order valence-corrected chi connectivity index (χ1v) is 6.06. The number of nitrogens with zero attached hydrogens (tertiary/aromatic N) is 1. The molecule has 0 radical (unpaired) electrons. The van der Waals surface area contributed by atoms with E-state index in [9.17, 15) is 0 Å². The maximum absolute atomic E-state index is 5.76. The summed E-state index contributed by atoms with van der Waals surface area (Å²) in [6, 6.07) is 4.31. The molecule has 1 heterocycles. The lowest BCUT2D eigenvalue weighted by Crippen LogP contribution is -2.14. The maximum Gasteiger partial charge on any atom is 0.218 e. The lowest BCUT2D eigenvalue weighted by molar-refractivity contribution is 0.285. The zero-order valence-electron chi connectivity index (χ0n) is 10.1. The van der Waals surface area contributed by atoms with Gasteiger partial charge in [-0.05, 0) is 32.4 Å². The third kappa shape index (κ3) is 2.95. The van der Waals surface area contributed by atoms with Gasteiger partial charge in [0.2, 0.25) is 5.88 Å². The number of pyridine rings is 1. The minimum atomic E-state index is 0.282. The van der Waals surface area contributed by atoms with Crippen molar-refractivity contribution in [2.24, 2.45) is 5.92 Å². The number of aromatic nitrogens is 1. The quantitative estimate of drug-likeness (QED) is 0.800. The summed E-state index contributed by atoms with van der Waals surface area (Å²) in [4.78, 5) is 4.30. The van der Waals surface area contributed by atoms with E-state index in [0.29, 0.717) is 0 Å². The van der Waals surface area contributed by atoms with Crippen LogP contribution in [-0.2, 0) is 0 Å². The second-order valence-corrected chi connectivity index (χ2v) is 4.49. The average molecular weight is 220 g/mol. The summed E-state index contributed by atoms with van der Waals surface area (Å²) in [7, 11) is 1.95. The zero-order chi connectivity index (χ0) is 11.4. The molecule has 0 aliphatic heterocycles. The largest absolute Gasteiger partial charge is 0.477 e. The number of hydrogen-bond donors (Lipinski definition) is 1. The fourth-order valence-corrected chi connectivity index (χ4v) is 1.74. The summed E-state index contributed by atoms with van der Waals surface area (Å²) < 4.78 is 5.76. The van der Waals surface area contributed by atoms with Crippen LogP contribution in [0.1, 0.15) is 37.8 Å². The molecule has 1 atom stereocenters. The van der Waals surface area contributed by atoms with Gasteiger partial charge in [-0.15, -0.1) is 0 Å². The Hall–Kier alpha value is -1.09. The second kappa shape index (κ2) is 5.30. The molecule has 2 rings (SSSR count). The highest BCUT2D eigenvalue weighted by molar-refractivity contribution is 5.28. The van der Waals surface area contributed by atoms with Crippen LogP contribution in [0.15, 0.2) is 18.3 Å². The normalized spacial score (nSPS) is 17.1. The van der Waals surface area contributed by atoms with Crippen molar-refractivity contribution in [3.63, 3.8) is 0 Å². The smallest absolute Gasteiger partial charge is 0.218 e. The van der Waals surface area contributed by atoms with Crippen molar-refractivity contribution in [2.75, 3.05) is 13.7 Å². The Morgan fingerprint density at radius 3 is 3.06 bits per heavy atom. The number of ether oxygens (including phenoxy) is 1. The second-order valence-electron chi connectivity index (χ2n) is 4.49. The molecule has 0 saturated heterocycles. The molecule has 0 bridgehead atoms. The zero-order valence-corrected chi connectivity index (χ0v) is 10.1. The molecule has 0 spiro atoms. The third-order valence-corrected chi connectivity index (χ3v) is 3.16. The van der Waals surface area contributed by atoms with Crippen LogP contribution in [0.2, 0.25) is 0 Å². The molecule has 16 heavy (non-hydrogen) atoms. The van der Waals surface area contributed by atoms with E-state index in [4.69, 9.17) is 4.74 Å². The molecule has 1 fully saturated rings. The number of rotatable bonds is 6. The Balaban J connectivity index is 1.94. The topological polar surface area (TPSA) is 34.2 Å². The Morgan fingerprint density at radius 1 is 1.56 bits per heavy atom. The molecule has 1 N–H and O–H groups in total. The Labute approximate surface area is 97.2 Å². The van der Waals surface area contributed by atoms with Crippen LogP contribution in [0.3, 0.4) is 0 Å². The van der Waals surface area contributed by atoms with E-state index in [2.05, 4.69) is 23.3 Å². The van der Waals surface area contributed by atoms with Gasteiger partial charge in [0, 0.05) is 17.8 Å². The van der Waals surface area contributed by atoms with Crippen molar-refractivity contribution in [3.05, 3.63) is 23.9 Å². The maximum atomic E-state index is 5.76. The van der Waals surface area contributed by atoms with Gasteiger partial charge < -0.3 is 10.1 Å². The standard InChI is InChI=1S/C13H20N2O/c1-10(14-2)12-4-3-8-15-13(12)16-9-7-11-5-6-11/h3-4,8,10-11,14H,5-7,9H2,1-2H3. The van der Waals surface area contributed by atoms with Gasteiger partial charge >= 0.3 is 0 Å². The van der Waals surface area contributed by atoms with E-state index in [1.165, 1.54) is 19.3 Å². The Morgan fingerprint density at radius 2 is 2.38 bits per heavy atom. The van der Waals surface area contributed by atoms with E-state index >= 15 is 0 Å². The van der Waals surface area contributed by atoms with Crippen LogP contribution < -0.4 is 10.1 Å². The Kier molecular flexibility index (Phi) is 3.78. The van der Waals surface area contributed by atoms with Gasteiger partial charge in [-0.1, -0.05) is 18.9 Å². The molecule has 0 aromatic carbocycles. The molecule has 1 aromatic heterocycles. The van der Waals surface area contributed by atoms with Gasteiger partial charge in [-0.25, -0.2) is 4.98 Å². The first-order chi connectivity index (χ1) is 7.81. The van der Waals surface area contributed by atoms with Gasteiger partial charge in [0.05, 0.1) is 6.61 Å².